The highest BCUT2D eigenvalue weighted by molar-refractivity contribution is 9.10. The second-order valence-corrected chi connectivity index (χ2v) is 4.42. The third-order valence-corrected chi connectivity index (χ3v) is 2.88. The van der Waals surface area contributed by atoms with Gasteiger partial charge in [-0.2, -0.15) is 0 Å². The average molecular weight is 299 g/mol. The van der Waals surface area contributed by atoms with E-state index in [1.165, 1.54) is 0 Å². The molecule has 0 fully saturated rings. The number of rotatable bonds is 5. The molecular weight excluding hydrogens is 284 g/mol. The fourth-order valence-electron chi connectivity index (χ4n) is 1.67. The zero-order valence-corrected chi connectivity index (χ0v) is 11.5. The first kappa shape index (κ1) is 12.5. The summed E-state index contributed by atoms with van der Waals surface area (Å²) < 4.78 is 14.0. The Morgan fingerprint density at radius 2 is 2.00 bits per heavy atom. The lowest BCUT2D eigenvalue weighted by molar-refractivity contribution is -0.184. The smallest absolute Gasteiger partial charge is 0.245 e. The van der Waals surface area contributed by atoms with E-state index >= 15 is 0 Å². The van der Waals surface area contributed by atoms with Crippen LogP contribution in [-0.2, 0) is 9.47 Å². The van der Waals surface area contributed by atoms with E-state index in [0.29, 0.717) is 13.2 Å². The van der Waals surface area contributed by atoms with Crippen LogP contribution in [0, 0.1) is 0 Å². The van der Waals surface area contributed by atoms with Gasteiger partial charge >= 0.3 is 0 Å². The Bertz CT molecular complexity index is 492. The monoisotopic (exact) mass is 298 g/mol. The van der Waals surface area contributed by atoms with Crippen molar-refractivity contribution in [3.05, 3.63) is 29.0 Å². The van der Waals surface area contributed by atoms with E-state index in [1.807, 2.05) is 36.6 Å². The largest absolute Gasteiger partial charge is 0.335 e. The van der Waals surface area contributed by atoms with Crippen molar-refractivity contribution in [2.24, 2.45) is 0 Å². The molecule has 0 unspecified atom stereocenters. The van der Waals surface area contributed by atoms with E-state index < -0.39 is 6.41 Å². The minimum atomic E-state index is -0.406. The van der Waals surface area contributed by atoms with Crippen LogP contribution in [0.25, 0.3) is 11.0 Å². The zero-order chi connectivity index (χ0) is 12.3. The summed E-state index contributed by atoms with van der Waals surface area (Å²) in [5, 5.41) is 0. The van der Waals surface area contributed by atoms with E-state index in [2.05, 4.69) is 20.9 Å². The molecule has 92 valence electrons. The van der Waals surface area contributed by atoms with Crippen molar-refractivity contribution < 1.29 is 9.47 Å². The van der Waals surface area contributed by atoms with E-state index in [4.69, 9.17) is 9.47 Å². The molecule has 0 bridgehead atoms. The molecule has 2 rings (SSSR count). The molecule has 1 aromatic carbocycles. The van der Waals surface area contributed by atoms with Crippen LogP contribution in [-0.4, -0.2) is 22.8 Å². The van der Waals surface area contributed by atoms with Gasteiger partial charge in [0.05, 0.1) is 17.4 Å². The summed E-state index contributed by atoms with van der Waals surface area (Å²) >= 11 is 3.43. The van der Waals surface area contributed by atoms with Gasteiger partial charge in [-0.1, -0.05) is 15.9 Å². The van der Waals surface area contributed by atoms with Crippen LogP contribution in [0.1, 0.15) is 20.3 Å². The maximum absolute atomic E-state index is 5.55. The van der Waals surface area contributed by atoms with Crippen molar-refractivity contribution in [1.29, 1.82) is 0 Å². The van der Waals surface area contributed by atoms with Crippen molar-refractivity contribution in [3.63, 3.8) is 0 Å². The van der Waals surface area contributed by atoms with Gasteiger partial charge in [-0.05, 0) is 32.0 Å². The molecule has 0 saturated carbocycles. The Hall–Kier alpha value is -0.910. The standard InChI is InChI=1S/C12H15BrN2O2/c1-3-16-12(17-4-2)15-8-14-10-7-9(13)5-6-11(10)15/h5-8,12H,3-4H2,1-2H3. The molecule has 0 aliphatic rings. The maximum atomic E-state index is 5.55. The van der Waals surface area contributed by atoms with Crippen molar-refractivity contribution in [2.75, 3.05) is 13.2 Å². The molecule has 4 nitrogen and oxygen atoms in total. The second kappa shape index (κ2) is 5.62. The molecule has 0 aliphatic carbocycles. The van der Waals surface area contributed by atoms with Gasteiger partial charge in [-0.25, -0.2) is 4.98 Å². The second-order valence-electron chi connectivity index (χ2n) is 3.50. The Balaban J connectivity index is 2.39. The van der Waals surface area contributed by atoms with Crippen LogP contribution < -0.4 is 0 Å². The zero-order valence-electron chi connectivity index (χ0n) is 9.89. The van der Waals surface area contributed by atoms with Gasteiger partial charge in [-0.15, -0.1) is 0 Å². The third kappa shape index (κ3) is 2.68. The van der Waals surface area contributed by atoms with Gasteiger partial charge < -0.3 is 9.47 Å². The van der Waals surface area contributed by atoms with Crippen LogP contribution >= 0.6 is 15.9 Å². The van der Waals surface area contributed by atoms with Gasteiger partial charge in [0.25, 0.3) is 0 Å². The Labute approximate surface area is 109 Å². The molecule has 17 heavy (non-hydrogen) atoms. The van der Waals surface area contributed by atoms with Gasteiger partial charge in [0.2, 0.25) is 6.41 Å². The topological polar surface area (TPSA) is 36.3 Å². The first-order chi connectivity index (χ1) is 8.26. The van der Waals surface area contributed by atoms with Crippen molar-refractivity contribution in [2.45, 2.75) is 20.3 Å². The fourth-order valence-corrected chi connectivity index (χ4v) is 2.02. The first-order valence-electron chi connectivity index (χ1n) is 5.61. The highest BCUT2D eigenvalue weighted by Crippen LogP contribution is 2.22. The summed E-state index contributed by atoms with van der Waals surface area (Å²) in [6.07, 6.45) is 1.34. The lowest BCUT2D eigenvalue weighted by Crippen LogP contribution is -2.15. The molecule has 0 amide bonds. The number of imidazole rings is 1. The van der Waals surface area contributed by atoms with Gasteiger partial charge in [0.1, 0.15) is 0 Å². The lowest BCUT2D eigenvalue weighted by Gasteiger charge is -2.18. The number of aromatic nitrogens is 2. The fraction of sp³-hybridized carbons (Fsp3) is 0.417. The quantitative estimate of drug-likeness (QED) is 0.795. The van der Waals surface area contributed by atoms with Crippen LogP contribution in [0.3, 0.4) is 0 Å². The summed E-state index contributed by atoms with van der Waals surface area (Å²) in [5.74, 6) is 0. The molecule has 0 spiro atoms. The van der Waals surface area contributed by atoms with Gasteiger partial charge in [0, 0.05) is 17.7 Å². The SMILES string of the molecule is CCOC(OCC)n1cnc2cc(Br)ccc21. The maximum Gasteiger partial charge on any atom is 0.245 e. The predicted molar refractivity (Wildman–Crippen MR) is 69.7 cm³/mol. The number of hydrogen-bond donors (Lipinski definition) is 0. The molecule has 2 aromatic rings. The van der Waals surface area contributed by atoms with E-state index in [1.54, 1.807) is 6.33 Å². The Morgan fingerprint density at radius 3 is 2.65 bits per heavy atom. The molecule has 0 radical (unpaired) electrons. The van der Waals surface area contributed by atoms with Crippen LogP contribution in [0.15, 0.2) is 29.0 Å². The number of halogens is 1. The number of fused-ring (bicyclic) bond motifs is 1. The molecule has 0 N–H and O–H groups in total. The molecule has 1 aromatic heterocycles. The van der Waals surface area contributed by atoms with E-state index in [-0.39, 0.29) is 0 Å². The van der Waals surface area contributed by atoms with Crippen molar-refractivity contribution in [3.8, 4) is 0 Å². The molecule has 0 aliphatic heterocycles. The highest BCUT2D eigenvalue weighted by atomic mass is 79.9. The molecule has 0 atom stereocenters. The van der Waals surface area contributed by atoms with Crippen LogP contribution in [0.4, 0.5) is 0 Å². The summed E-state index contributed by atoms with van der Waals surface area (Å²) in [4.78, 5) is 4.34. The molecule has 5 heteroatoms. The summed E-state index contributed by atoms with van der Waals surface area (Å²) in [6, 6.07) is 5.95. The molecule has 1 heterocycles. The lowest BCUT2D eigenvalue weighted by atomic mass is 10.3. The summed E-state index contributed by atoms with van der Waals surface area (Å²) in [7, 11) is 0. The summed E-state index contributed by atoms with van der Waals surface area (Å²) in [5.41, 5.74) is 1.92. The number of benzene rings is 1. The van der Waals surface area contributed by atoms with Gasteiger partial charge in [0.15, 0.2) is 0 Å². The highest BCUT2D eigenvalue weighted by Gasteiger charge is 2.13. The van der Waals surface area contributed by atoms with Crippen LogP contribution in [0.2, 0.25) is 0 Å². The molecular formula is C12H15BrN2O2. The average Bonchev–Trinajstić information content (AvgIpc) is 2.71. The minimum Gasteiger partial charge on any atom is -0.335 e. The van der Waals surface area contributed by atoms with Crippen LogP contribution in [0.5, 0.6) is 0 Å². The third-order valence-electron chi connectivity index (χ3n) is 2.38. The number of hydrogen-bond acceptors (Lipinski definition) is 3. The molecule has 0 saturated heterocycles. The van der Waals surface area contributed by atoms with Crippen molar-refractivity contribution in [1.82, 2.24) is 9.55 Å². The number of ether oxygens (including phenoxy) is 2. The van der Waals surface area contributed by atoms with E-state index in [0.717, 1.165) is 15.5 Å². The Kier molecular flexibility index (Phi) is 4.15. The van der Waals surface area contributed by atoms with E-state index in [9.17, 15) is 0 Å². The number of nitrogens with zero attached hydrogens (tertiary/aromatic N) is 2. The Morgan fingerprint density at radius 1 is 1.29 bits per heavy atom. The predicted octanol–water partition coefficient (Wildman–Crippen LogP) is 3.33. The normalized spacial score (nSPS) is 11.5. The first-order valence-corrected chi connectivity index (χ1v) is 6.40. The summed E-state index contributed by atoms with van der Waals surface area (Å²) in [6.45, 7) is 5.09. The van der Waals surface area contributed by atoms with Gasteiger partial charge in [-0.3, -0.25) is 4.57 Å². The minimum absolute atomic E-state index is 0.406. The van der Waals surface area contributed by atoms with Crippen molar-refractivity contribution >= 4 is 27.0 Å².